The molecule has 1 saturated carbocycles. The van der Waals surface area contributed by atoms with Crippen molar-refractivity contribution in [3.63, 3.8) is 0 Å². The van der Waals surface area contributed by atoms with Crippen molar-refractivity contribution in [1.29, 1.82) is 5.26 Å². The molecular formula is C31H23ClF3N5O3. The van der Waals surface area contributed by atoms with E-state index in [4.69, 9.17) is 11.6 Å². The molecule has 3 aromatic rings. The van der Waals surface area contributed by atoms with Gasteiger partial charge in [-0.25, -0.2) is 18.2 Å². The van der Waals surface area contributed by atoms with Crippen LogP contribution < -0.4 is 15.1 Å². The molecule has 0 radical (unpaired) electrons. The molecule has 43 heavy (non-hydrogen) atoms. The van der Waals surface area contributed by atoms with Gasteiger partial charge in [0.05, 0.1) is 16.7 Å². The number of alkyl halides is 2. The highest BCUT2D eigenvalue weighted by Gasteiger charge is 2.56. The van der Waals surface area contributed by atoms with Gasteiger partial charge in [0.1, 0.15) is 17.7 Å². The summed E-state index contributed by atoms with van der Waals surface area (Å²) >= 11 is 5.98. The molecule has 0 saturated heterocycles. The summed E-state index contributed by atoms with van der Waals surface area (Å²) in [6.07, 6.45) is 3.16. The minimum absolute atomic E-state index is 0.0240. The van der Waals surface area contributed by atoms with Crippen molar-refractivity contribution < 1.29 is 27.6 Å². The van der Waals surface area contributed by atoms with Crippen molar-refractivity contribution in [2.75, 3.05) is 9.80 Å². The van der Waals surface area contributed by atoms with Gasteiger partial charge in [-0.15, -0.1) is 0 Å². The number of carbonyl (C=O) groups excluding carboxylic acids is 3. The van der Waals surface area contributed by atoms with Crippen LogP contribution in [0.25, 0.3) is 0 Å². The summed E-state index contributed by atoms with van der Waals surface area (Å²) < 4.78 is 42.4. The van der Waals surface area contributed by atoms with Crippen LogP contribution in [0, 0.1) is 17.1 Å². The van der Waals surface area contributed by atoms with Gasteiger partial charge in [0.2, 0.25) is 0 Å². The standard InChI is InChI=1S/C31H23ClF3N5O3/c32-23-6-5-21(14-24(23)33)40(28(42)25-7-8-27(41)39(25)26-13-18(17-36)10-12-37-26)31(11-9-19-3-1-2-4-22(19)31)29(43)38-20-15-30(34,35)16-20/h1-8,10,12-14,20,25H,9,11,15-16H2,(H,38,43)/t25-,31+/m0/s1. The Balaban J connectivity index is 1.51. The molecule has 2 aromatic carbocycles. The molecule has 2 aliphatic carbocycles. The topological polar surface area (TPSA) is 106 Å². The van der Waals surface area contributed by atoms with E-state index in [1.807, 2.05) is 6.07 Å². The number of pyridine rings is 1. The number of carbonyl (C=O) groups is 3. The number of hydrogen-bond acceptors (Lipinski definition) is 5. The quantitative estimate of drug-likeness (QED) is 0.434. The van der Waals surface area contributed by atoms with E-state index in [0.717, 1.165) is 21.4 Å². The van der Waals surface area contributed by atoms with Crippen molar-refractivity contribution >= 4 is 40.8 Å². The van der Waals surface area contributed by atoms with E-state index in [1.165, 1.54) is 42.6 Å². The van der Waals surface area contributed by atoms with Crippen LogP contribution in [-0.2, 0) is 26.3 Å². The Morgan fingerprint density at radius 3 is 2.63 bits per heavy atom. The monoisotopic (exact) mass is 605 g/mol. The first-order valence-corrected chi connectivity index (χ1v) is 13.9. The molecule has 2 heterocycles. The van der Waals surface area contributed by atoms with Crippen LogP contribution in [0.15, 0.2) is 72.9 Å². The highest BCUT2D eigenvalue weighted by Crippen LogP contribution is 2.47. The lowest BCUT2D eigenvalue weighted by Gasteiger charge is -2.44. The maximum Gasteiger partial charge on any atom is 0.255 e. The van der Waals surface area contributed by atoms with Crippen LogP contribution in [0.5, 0.6) is 0 Å². The zero-order valence-electron chi connectivity index (χ0n) is 22.4. The number of fused-ring (bicyclic) bond motifs is 1. The minimum atomic E-state index is -2.91. The normalized spacial score (nSPS) is 22.1. The van der Waals surface area contributed by atoms with Crippen molar-refractivity contribution in [2.45, 2.75) is 49.2 Å². The second-order valence-corrected chi connectivity index (χ2v) is 11.2. The average molecular weight is 606 g/mol. The molecule has 218 valence electrons. The molecular weight excluding hydrogens is 583 g/mol. The van der Waals surface area contributed by atoms with E-state index >= 15 is 0 Å². The number of hydrogen-bond donors (Lipinski definition) is 1. The van der Waals surface area contributed by atoms with Crippen molar-refractivity contribution in [3.05, 3.63) is 100 Å². The number of amides is 3. The third kappa shape index (κ3) is 4.81. The highest BCUT2D eigenvalue weighted by molar-refractivity contribution is 6.30. The Bertz CT molecular complexity index is 1730. The Labute approximate surface area is 249 Å². The molecule has 0 bridgehead atoms. The van der Waals surface area contributed by atoms with E-state index in [9.17, 15) is 32.8 Å². The molecule has 8 nitrogen and oxygen atoms in total. The molecule has 3 amide bonds. The zero-order chi connectivity index (χ0) is 30.5. The van der Waals surface area contributed by atoms with Gasteiger partial charge in [0.25, 0.3) is 23.6 Å². The number of anilines is 2. The lowest BCUT2D eigenvalue weighted by atomic mass is 9.83. The Kier molecular flexibility index (Phi) is 6.97. The number of halogens is 4. The van der Waals surface area contributed by atoms with Gasteiger partial charge in [-0.05, 0) is 60.4 Å². The molecule has 6 rings (SSSR count). The Hall–Kier alpha value is -4.69. The molecule has 0 spiro atoms. The fourth-order valence-corrected chi connectivity index (χ4v) is 6.18. The van der Waals surface area contributed by atoms with Crippen LogP contribution >= 0.6 is 11.6 Å². The summed E-state index contributed by atoms with van der Waals surface area (Å²) in [6.45, 7) is 0. The summed E-state index contributed by atoms with van der Waals surface area (Å²) in [4.78, 5) is 48.5. The molecule has 3 aliphatic rings. The van der Waals surface area contributed by atoms with Gasteiger partial charge in [0.15, 0.2) is 5.54 Å². The van der Waals surface area contributed by atoms with Crippen LogP contribution in [0.3, 0.4) is 0 Å². The van der Waals surface area contributed by atoms with E-state index in [2.05, 4.69) is 10.3 Å². The number of benzene rings is 2. The lowest BCUT2D eigenvalue weighted by molar-refractivity contribution is -0.137. The highest BCUT2D eigenvalue weighted by atomic mass is 35.5. The summed E-state index contributed by atoms with van der Waals surface area (Å²) in [7, 11) is 0. The summed E-state index contributed by atoms with van der Waals surface area (Å²) in [5.74, 6) is -5.81. The number of rotatable bonds is 6. The van der Waals surface area contributed by atoms with Crippen molar-refractivity contribution in [1.82, 2.24) is 10.3 Å². The van der Waals surface area contributed by atoms with Crippen LogP contribution in [-0.4, -0.2) is 40.7 Å². The smallest absolute Gasteiger partial charge is 0.255 e. The van der Waals surface area contributed by atoms with Crippen LogP contribution in [0.2, 0.25) is 5.02 Å². The predicted molar refractivity (Wildman–Crippen MR) is 151 cm³/mol. The van der Waals surface area contributed by atoms with Gasteiger partial charge in [-0.2, -0.15) is 5.26 Å². The molecule has 2 atom stereocenters. The molecule has 1 N–H and O–H groups in total. The third-order valence-electron chi connectivity index (χ3n) is 8.09. The number of aromatic nitrogens is 1. The summed E-state index contributed by atoms with van der Waals surface area (Å²) in [5, 5.41) is 11.9. The van der Waals surface area contributed by atoms with E-state index < -0.39 is 59.9 Å². The second-order valence-electron chi connectivity index (χ2n) is 10.8. The SMILES string of the molecule is N#Cc1ccnc(N2C(=O)C=C[C@H]2C(=O)N(c2ccc(Cl)c(F)c2)[C@]2(C(=O)NC3CC(F)(F)C3)CCc3ccccc32)c1. The fraction of sp³-hybridized carbons (Fsp3) is 0.258. The molecule has 1 aromatic heterocycles. The first kappa shape index (κ1) is 28.4. The van der Waals surface area contributed by atoms with Gasteiger partial charge in [-0.1, -0.05) is 35.9 Å². The van der Waals surface area contributed by atoms with Gasteiger partial charge >= 0.3 is 0 Å². The summed E-state index contributed by atoms with van der Waals surface area (Å²) in [5.41, 5.74) is -0.408. The average Bonchev–Trinajstić information content (AvgIpc) is 3.55. The minimum Gasteiger partial charge on any atom is -0.351 e. The molecule has 12 heteroatoms. The Morgan fingerprint density at radius 2 is 1.91 bits per heavy atom. The largest absolute Gasteiger partial charge is 0.351 e. The zero-order valence-corrected chi connectivity index (χ0v) is 23.2. The lowest BCUT2D eigenvalue weighted by Crippen LogP contribution is -2.64. The summed E-state index contributed by atoms with van der Waals surface area (Å²) in [6, 6.07) is 13.2. The molecule has 0 unspecified atom stereocenters. The van der Waals surface area contributed by atoms with Gasteiger partial charge in [-0.3, -0.25) is 24.2 Å². The number of nitrogens with one attached hydrogen (secondary N) is 1. The van der Waals surface area contributed by atoms with E-state index in [0.29, 0.717) is 12.0 Å². The predicted octanol–water partition coefficient (Wildman–Crippen LogP) is 4.81. The number of nitriles is 1. The maximum atomic E-state index is 15.0. The van der Waals surface area contributed by atoms with E-state index in [-0.39, 0.29) is 28.5 Å². The first-order chi connectivity index (χ1) is 20.5. The van der Waals surface area contributed by atoms with Crippen molar-refractivity contribution in [2.24, 2.45) is 0 Å². The van der Waals surface area contributed by atoms with E-state index in [1.54, 1.807) is 24.3 Å². The fourth-order valence-electron chi connectivity index (χ4n) is 6.07. The second kappa shape index (κ2) is 10.5. The van der Waals surface area contributed by atoms with Crippen LogP contribution in [0.1, 0.15) is 36.0 Å². The maximum absolute atomic E-state index is 15.0. The van der Waals surface area contributed by atoms with Gasteiger partial charge in [0, 0.05) is 36.8 Å². The Morgan fingerprint density at radius 1 is 1.14 bits per heavy atom. The molecule has 1 fully saturated rings. The number of nitrogens with zero attached hydrogens (tertiary/aromatic N) is 4. The van der Waals surface area contributed by atoms with Crippen LogP contribution in [0.4, 0.5) is 24.7 Å². The third-order valence-corrected chi connectivity index (χ3v) is 8.40. The molecule has 1 aliphatic heterocycles. The van der Waals surface area contributed by atoms with Gasteiger partial charge < -0.3 is 5.32 Å². The number of aryl methyl sites for hydroxylation is 1. The first-order valence-electron chi connectivity index (χ1n) is 13.5. The van der Waals surface area contributed by atoms with Crippen molar-refractivity contribution in [3.8, 4) is 6.07 Å².